The highest BCUT2D eigenvalue weighted by atomic mass is 19.1. The quantitative estimate of drug-likeness (QED) is 0.693. The number of nitrogens with zero attached hydrogens (tertiary/aromatic N) is 1. The molecule has 0 fully saturated rings. The van der Waals surface area contributed by atoms with Crippen molar-refractivity contribution in [2.24, 2.45) is 0 Å². The lowest BCUT2D eigenvalue weighted by Crippen LogP contribution is -2.36. The first-order valence-electron chi connectivity index (χ1n) is 9.54. The summed E-state index contributed by atoms with van der Waals surface area (Å²) in [5.74, 6) is 0.124. The van der Waals surface area contributed by atoms with Crippen LogP contribution in [0.5, 0.6) is 5.75 Å². The minimum absolute atomic E-state index is 0.0775. The zero-order valence-corrected chi connectivity index (χ0v) is 16.1. The van der Waals surface area contributed by atoms with Gasteiger partial charge in [0.1, 0.15) is 11.6 Å². The molecule has 0 aliphatic carbocycles. The maximum absolute atomic E-state index is 13.6. The van der Waals surface area contributed by atoms with Gasteiger partial charge >= 0.3 is 0 Å². The molecule has 0 spiro atoms. The number of methoxy groups -OCH3 is 1. The van der Waals surface area contributed by atoms with Crippen LogP contribution in [0.2, 0.25) is 0 Å². The standard InChI is InChI=1S/C22H22FN3O3/c1-29-16-5-3-15(4-6-16)24-21(27)8-9-22(28)26-11-10-20-18(13-26)17-12-14(23)2-7-19(17)25-20/h2-7,12,25H,8-11,13H2,1H3,(H,24,27). The molecule has 4 rings (SSSR count). The molecule has 1 aliphatic heterocycles. The SMILES string of the molecule is COc1ccc(NC(=O)CCC(=O)N2CCc3[nH]c4ccc(F)cc4c3C2)cc1. The fourth-order valence-corrected chi connectivity index (χ4v) is 3.68. The van der Waals surface area contributed by atoms with Crippen molar-refractivity contribution in [2.45, 2.75) is 25.8 Å². The van der Waals surface area contributed by atoms with Gasteiger partial charge in [-0.25, -0.2) is 4.39 Å². The van der Waals surface area contributed by atoms with Crippen molar-refractivity contribution in [1.29, 1.82) is 0 Å². The molecular weight excluding hydrogens is 373 g/mol. The van der Waals surface area contributed by atoms with Gasteiger partial charge in [0.05, 0.1) is 7.11 Å². The van der Waals surface area contributed by atoms with Gasteiger partial charge in [-0.1, -0.05) is 0 Å². The van der Waals surface area contributed by atoms with Crippen LogP contribution >= 0.6 is 0 Å². The smallest absolute Gasteiger partial charge is 0.224 e. The maximum Gasteiger partial charge on any atom is 0.224 e. The minimum Gasteiger partial charge on any atom is -0.497 e. The molecule has 150 valence electrons. The van der Waals surface area contributed by atoms with Crippen molar-refractivity contribution in [3.05, 3.63) is 59.5 Å². The molecule has 1 aromatic heterocycles. The molecule has 2 heterocycles. The van der Waals surface area contributed by atoms with E-state index in [1.165, 1.54) is 12.1 Å². The fraction of sp³-hybridized carbons (Fsp3) is 0.273. The number of nitrogens with one attached hydrogen (secondary N) is 2. The zero-order valence-electron chi connectivity index (χ0n) is 16.1. The van der Waals surface area contributed by atoms with Crippen LogP contribution in [0, 0.1) is 5.82 Å². The third kappa shape index (κ3) is 4.08. The Hall–Kier alpha value is -3.35. The molecule has 3 aromatic rings. The molecule has 2 N–H and O–H groups in total. The third-order valence-electron chi connectivity index (χ3n) is 5.23. The summed E-state index contributed by atoms with van der Waals surface area (Å²) in [6.07, 6.45) is 0.931. The number of aromatic amines is 1. The number of amides is 2. The van der Waals surface area contributed by atoms with E-state index in [1.807, 2.05) is 0 Å². The van der Waals surface area contributed by atoms with Gasteiger partial charge in [0.2, 0.25) is 11.8 Å². The Balaban J connectivity index is 1.35. The van der Waals surface area contributed by atoms with Gasteiger partial charge in [-0.3, -0.25) is 9.59 Å². The predicted molar refractivity (Wildman–Crippen MR) is 108 cm³/mol. The summed E-state index contributed by atoms with van der Waals surface area (Å²) < 4.78 is 18.7. The number of halogens is 1. The largest absolute Gasteiger partial charge is 0.497 e. The second-order valence-corrected chi connectivity index (χ2v) is 7.11. The van der Waals surface area contributed by atoms with E-state index in [2.05, 4.69) is 10.3 Å². The maximum atomic E-state index is 13.6. The van der Waals surface area contributed by atoms with Crippen LogP contribution in [0.25, 0.3) is 10.9 Å². The van der Waals surface area contributed by atoms with Crippen LogP contribution in [-0.2, 0) is 22.6 Å². The topological polar surface area (TPSA) is 74.4 Å². The monoisotopic (exact) mass is 395 g/mol. The third-order valence-corrected chi connectivity index (χ3v) is 5.23. The van der Waals surface area contributed by atoms with Crippen LogP contribution in [0.1, 0.15) is 24.1 Å². The van der Waals surface area contributed by atoms with Gasteiger partial charge in [-0.15, -0.1) is 0 Å². The number of fused-ring (bicyclic) bond motifs is 3. The zero-order chi connectivity index (χ0) is 20.4. The van der Waals surface area contributed by atoms with Gasteiger partial charge in [-0.05, 0) is 42.5 Å². The Bertz CT molecular complexity index is 1060. The number of benzene rings is 2. The normalized spacial score (nSPS) is 13.2. The summed E-state index contributed by atoms with van der Waals surface area (Å²) in [6.45, 7) is 1.01. The Kier molecular flexibility index (Phi) is 5.20. The fourth-order valence-electron chi connectivity index (χ4n) is 3.68. The molecule has 2 amide bonds. The van der Waals surface area contributed by atoms with Gasteiger partial charge < -0.3 is 19.9 Å². The molecule has 1 aliphatic rings. The second kappa shape index (κ2) is 7.95. The minimum atomic E-state index is -0.294. The number of rotatable bonds is 5. The highest BCUT2D eigenvalue weighted by molar-refractivity contribution is 5.93. The molecule has 7 heteroatoms. The first-order chi connectivity index (χ1) is 14.0. The summed E-state index contributed by atoms with van der Waals surface area (Å²) in [6, 6.07) is 11.7. The summed E-state index contributed by atoms with van der Waals surface area (Å²) in [5.41, 5.74) is 3.55. The molecule has 29 heavy (non-hydrogen) atoms. The summed E-state index contributed by atoms with van der Waals surface area (Å²) in [4.78, 5) is 29.8. The van der Waals surface area contributed by atoms with E-state index < -0.39 is 0 Å². The van der Waals surface area contributed by atoms with E-state index in [0.29, 0.717) is 30.9 Å². The van der Waals surface area contributed by atoms with Crippen LogP contribution in [-0.4, -0.2) is 35.4 Å². The van der Waals surface area contributed by atoms with Crippen LogP contribution in [0.15, 0.2) is 42.5 Å². The Labute approximate surface area is 167 Å². The van der Waals surface area contributed by atoms with E-state index in [1.54, 1.807) is 42.3 Å². The van der Waals surface area contributed by atoms with Crippen LogP contribution < -0.4 is 10.1 Å². The van der Waals surface area contributed by atoms with Crippen molar-refractivity contribution in [3.8, 4) is 5.75 Å². The second-order valence-electron chi connectivity index (χ2n) is 7.11. The Morgan fingerprint density at radius 1 is 1.17 bits per heavy atom. The van der Waals surface area contributed by atoms with Crippen molar-refractivity contribution in [2.75, 3.05) is 19.0 Å². The lowest BCUT2D eigenvalue weighted by molar-refractivity contribution is -0.133. The van der Waals surface area contributed by atoms with E-state index in [-0.39, 0.29) is 30.5 Å². The van der Waals surface area contributed by atoms with Gasteiger partial charge in [0.25, 0.3) is 0 Å². The highest BCUT2D eigenvalue weighted by Crippen LogP contribution is 2.28. The number of anilines is 1. The first-order valence-corrected chi connectivity index (χ1v) is 9.54. The molecule has 0 radical (unpaired) electrons. The molecule has 6 nitrogen and oxygen atoms in total. The van der Waals surface area contributed by atoms with Gasteiger partial charge in [-0.2, -0.15) is 0 Å². The van der Waals surface area contributed by atoms with Crippen molar-refractivity contribution in [1.82, 2.24) is 9.88 Å². The van der Waals surface area contributed by atoms with E-state index >= 15 is 0 Å². The number of carbonyl (C=O) groups is 2. The number of ether oxygens (including phenoxy) is 1. The number of hydrogen-bond acceptors (Lipinski definition) is 3. The highest BCUT2D eigenvalue weighted by Gasteiger charge is 2.24. The number of carbonyl (C=O) groups excluding carboxylic acids is 2. The molecule has 0 atom stereocenters. The Morgan fingerprint density at radius 3 is 2.72 bits per heavy atom. The molecule has 0 bridgehead atoms. The summed E-state index contributed by atoms with van der Waals surface area (Å²) >= 11 is 0. The number of aromatic nitrogens is 1. The van der Waals surface area contributed by atoms with E-state index in [9.17, 15) is 14.0 Å². The lowest BCUT2D eigenvalue weighted by atomic mass is 10.0. The van der Waals surface area contributed by atoms with Crippen molar-refractivity contribution >= 4 is 28.4 Å². The van der Waals surface area contributed by atoms with Crippen LogP contribution in [0.3, 0.4) is 0 Å². The van der Waals surface area contributed by atoms with Gasteiger partial charge in [0.15, 0.2) is 0 Å². The molecular formula is C22H22FN3O3. The first kappa shape index (κ1) is 19.0. The molecule has 0 saturated heterocycles. The number of hydrogen-bond donors (Lipinski definition) is 2. The van der Waals surface area contributed by atoms with Gasteiger partial charge in [0, 0.05) is 60.2 Å². The van der Waals surface area contributed by atoms with E-state index in [0.717, 1.165) is 22.2 Å². The summed E-state index contributed by atoms with van der Waals surface area (Å²) in [7, 11) is 1.58. The average molecular weight is 395 g/mol. The Morgan fingerprint density at radius 2 is 1.97 bits per heavy atom. The van der Waals surface area contributed by atoms with Crippen LogP contribution in [0.4, 0.5) is 10.1 Å². The van der Waals surface area contributed by atoms with E-state index in [4.69, 9.17) is 4.74 Å². The molecule has 2 aromatic carbocycles. The molecule has 0 unspecified atom stereocenters. The van der Waals surface area contributed by atoms with Crippen molar-refractivity contribution in [3.63, 3.8) is 0 Å². The molecule has 0 saturated carbocycles. The number of H-pyrrole nitrogens is 1. The van der Waals surface area contributed by atoms with Crippen molar-refractivity contribution < 1.29 is 18.7 Å². The summed E-state index contributed by atoms with van der Waals surface area (Å²) in [5, 5.41) is 3.60. The predicted octanol–water partition coefficient (Wildman–Crippen LogP) is 3.62. The lowest BCUT2D eigenvalue weighted by Gasteiger charge is -2.27. The average Bonchev–Trinajstić information content (AvgIpc) is 3.09.